The molecule has 1 amide bonds. The van der Waals surface area contributed by atoms with E-state index in [0.717, 1.165) is 25.2 Å². The molecule has 3 rings (SSSR count). The van der Waals surface area contributed by atoms with Gasteiger partial charge in [-0.15, -0.1) is 0 Å². The number of anilines is 1. The lowest BCUT2D eigenvalue weighted by Gasteiger charge is -2.35. The Morgan fingerprint density at radius 2 is 2.19 bits per heavy atom. The number of carbonyl (C=O) groups is 1. The fourth-order valence-electron chi connectivity index (χ4n) is 3.38. The number of aromatic nitrogens is 1. The number of hydrogen-bond acceptors (Lipinski definition) is 3. The van der Waals surface area contributed by atoms with Crippen LogP contribution < -0.4 is 4.90 Å². The molecule has 0 N–H and O–H groups in total. The Kier molecular flexibility index (Phi) is 3.70. The van der Waals surface area contributed by atoms with Crippen molar-refractivity contribution in [2.45, 2.75) is 39.3 Å². The van der Waals surface area contributed by atoms with E-state index >= 15 is 0 Å². The SMILES string of the molecule is Cc1ncccc1N1C[C@@H]2C[C@H]1CN2C(=O)C=CC(C)C. The minimum atomic E-state index is 0.166. The molecule has 0 saturated carbocycles. The van der Waals surface area contributed by atoms with E-state index in [1.54, 1.807) is 6.08 Å². The monoisotopic (exact) mass is 285 g/mol. The summed E-state index contributed by atoms with van der Waals surface area (Å²) in [6.07, 6.45) is 6.64. The lowest BCUT2D eigenvalue weighted by Crippen LogP contribution is -2.48. The molecule has 21 heavy (non-hydrogen) atoms. The minimum absolute atomic E-state index is 0.166. The lowest BCUT2D eigenvalue weighted by molar-refractivity contribution is -0.127. The third-order valence-corrected chi connectivity index (χ3v) is 4.44. The molecular weight excluding hydrogens is 262 g/mol. The van der Waals surface area contributed by atoms with Gasteiger partial charge in [0.15, 0.2) is 0 Å². The smallest absolute Gasteiger partial charge is 0.246 e. The number of amides is 1. The van der Waals surface area contributed by atoms with Gasteiger partial charge in [0, 0.05) is 25.3 Å². The summed E-state index contributed by atoms with van der Waals surface area (Å²) in [5.41, 5.74) is 2.29. The summed E-state index contributed by atoms with van der Waals surface area (Å²) in [4.78, 5) is 21.1. The molecule has 4 nitrogen and oxygen atoms in total. The Labute approximate surface area is 126 Å². The summed E-state index contributed by atoms with van der Waals surface area (Å²) < 4.78 is 0. The second-order valence-corrected chi connectivity index (χ2v) is 6.40. The molecule has 2 aliphatic heterocycles. The summed E-state index contributed by atoms with van der Waals surface area (Å²) in [7, 11) is 0. The van der Waals surface area contributed by atoms with E-state index in [1.807, 2.05) is 23.2 Å². The van der Waals surface area contributed by atoms with Crippen molar-refractivity contribution in [1.29, 1.82) is 0 Å². The molecule has 2 saturated heterocycles. The molecule has 112 valence electrons. The van der Waals surface area contributed by atoms with Gasteiger partial charge in [0.2, 0.25) is 5.91 Å². The van der Waals surface area contributed by atoms with Gasteiger partial charge in [-0.25, -0.2) is 0 Å². The minimum Gasteiger partial charge on any atom is -0.363 e. The van der Waals surface area contributed by atoms with Crippen LogP contribution in [0.5, 0.6) is 0 Å². The topological polar surface area (TPSA) is 36.4 Å². The standard InChI is InChI=1S/C17H23N3O/c1-12(2)6-7-17(21)20-11-14-9-15(20)10-19(14)16-5-4-8-18-13(16)3/h4-8,12,14-15H,9-11H2,1-3H3/t14-,15-/m0/s1. The maximum Gasteiger partial charge on any atom is 0.246 e. The van der Waals surface area contributed by atoms with Crippen molar-refractivity contribution in [2.75, 3.05) is 18.0 Å². The van der Waals surface area contributed by atoms with Gasteiger partial charge in [-0.1, -0.05) is 19.9 Å². The number of carbonyl (C=O) groups excluding carboxylic acids is 1. The van der Waals surface area contributed by atoms with Crippen molar-refractivity contribution in [3.63, 3.8) is 0 Å². The van der Waals surface area contributed by atoms with Gasteiger partial charge in [0.1, 0.15) is 0 Å². The highest BCUT2D eigenvalue weighted by Gasteiger charge is 2.45. The Bertz CT molecular complexity index is 567. The number of fused-ring (bicyclic) bond motifs is 2. The van der Waals surface area contributed by atoms with Crippen LogP contribution in [-0.2, 0) is 4.79 Å². The van der Waals surface area contributed by atoms with E-state index in [2.05, 4.69) is 36.7 Å². The third-order valence-electron chi connectivity index (χ3n) is 4.44. The first-order chi connectivity index (χ1) is 10.1. The van der Waals surface area contributed by atoms with Gasteiger partial charge in [0.05, 0.1) is 17.4 Å². The highest BCUT2D eigenvalue weighted by atomic mass is 16.2. The molecule has 0 aliphatic carbocycles. The van der Waals surface area contributed by atoms with Crippen LogP contribution in [0.15, 0.2) is 30.5 Å². The molecule has 2 atom stereocenters. The Balaban J connectivity index is 1.69. The summed E-state index contributed by atoms with van der Waals surface area (Å²) in [6, 6.07) is 4.91. The number of pyridine rings is 1. The normalized spacial score (nSPS) is 24.6. The molecule has 1 aromatic heterocycles. The number of allylic oxidation sites excluding steroid dienone is 1. The first-order valence-corrected chi connectivity index (χ1v) is 7.73. The van der Waals surface area contributed by atoms with Crippen LogP contribution in [0.4, 0.5) is 5.69 Å². The summed E-state index contributed by atoms with van der Waals surface area (Å²) in [5, 5.41) is 0. The number of rotatable bonds is 3. The fourth-order valence-corrected chi connectivity index (χ4v) is 3.38. The van der Waals surface area contributed by atoms with Crippen molar-refractivity contribution in [3.05, 3.63) is 36.2 Å². The second kappa shape index (κ2) is 5.51. The number of aryl methyl sites for hydroxylation is 1. The van der Waals surface area contributed by atoms with Crippen LogP contribution in [0.3, 0.4) is 0 Å². The van der Waals surface area contributed by atoms with Crippen LogP contribution in [0.2, 0.25) is 0 Å². The molecule has 2 bridgehead atoms. The molecule has 2 aliphatic rings. The van der Waals surface area contributed by atoms with Crippen molar-refractivity contribution in [2.24, 2.45) is 5.92 Å². The number of hydrogen-bond donors (Lipinski definition) is 0. The highest BCUT2D eigenvalue weighted by molar-refractivity contribution is 5.88. The van der Waals surface area contributed by atoms with E-state index in [-0.39, 0.29) is 5.91 Å². The maximum atomic E-state index is 12.3. The first kappa shape index (κ1) is 14.1. The average Bonchev–Trinajstić information content (AvgIpc) is 3.05. The van der Waals surface area contributed by atoms with Crippen LogP contribution in [-0.4, -0.2) is 41.0 Å². The molecule has 1 aromatic rings. The summed E-state index contributed by atoms with van der Waals surface area (Å²) in [6.45, 7) is 7.99. The highest BCUT2D eigenvalue weighted by Crippen LogP contribution is 2.35. The van der Waals surface area contributed by atoms with Crippen molar-refractivity contribution in [3.8, 4) is 0 Å². The lowest BCUT2D eigenvalue weighted by atomic mass is 10.2. The van der Waals surface area contributed by atoms with Gasteiger partial charge in [-0.3, -0.25) is 9.78 Å². The molecule has 0 spiro atoms. The van der Waals surface area contributed by atoms with Crippen molar-refractivity contribution < 1.29 is 4.79 Å². The van der Waals surface area contributed by atoms with Gasteiger partial charge in [0.25, 0.3) is 0 Å². The van der Waals surface area contributed by atoms with Crippen LogP contribution in [0.1, 0.15) is 26.0 Å². The van der Waals surface area contributed by atoms with E-state index < -0.39 is 0 Å². The van der Waals surface area contributed by atoms with Gasteiger partial charge in [-0.2, -0.15) is 0 Å². The van der Waals surface area contributed by atoms with Gasteiger partial charge in [-0.05, 0) is 37.5 Å². The summed E-state index contributed by atoms with van der Waals surface area (Å²) >= 11 is 0. The number of nitrogens with zero attached hydrogens (tertiary/aromatic N) is 3. The van der Waals surface area contributed by atoms with Crippen molar-refractivity contribution in [1.82, 2.24) is 9.88 Å². The zero-order valence-corrected chi connectivity index (χ0v) is 13.0. The summed E-state index contributed by atoms with van der Waals surface area (Å²) in [5.74, 6) is 0.585. The zero-order chi connectivity index (χ0) is 15.0. The Morgan fingerprint density at radius 3 is 2.81 bits per heavy atom. The molecule has 0 radical (unpaired) electrons. The number of piperazine rings is 1. The van der Waals surface area contributed by atoms with Gasteiger partial charge < -0.3 is 9.80 Å². The van der Waals surface area contributed by atoms with Crippen LogP contribution in [0.25, 0.3) is 0 Å². The maximum absolute atomic E-state index is 12.3. The zero-order valence-electron chi connectivity index (χ0n) is 13.0. The predicted octanol–water partition coefficient (Wildman–Crippen LogP) is 2.39. The first-order valence-electron chi connectivity index (χ1n) is 7.73. The Morgan fingerprint density at radius 1 is 1.38 bits per heavy atom. The molecule has 2 fully saturated rings. The van der Waals surface area contributed by atoms with E-state index in [1.165, 1.54) is 5.69 Å². The largest absolute Gasteiger partial charge is 0.363 e. The molecule has 4 heteroatoms. The quantitative estimate of drug-likeness (QED) is 0.800. The number of likely N-dealkylation sites (tertiary alicyclic amines) is 1. The van der Waals surface area contributed by atoms with E-state index in [9.17, 15) is 4.79 Å². The third kappa shape index (κ3) is 2.67. The van der Waals surface area contributed by atoms with Crippen molar-refractivity contribution >= 4 is 11.6 Å². The predicted molar refractivity (Wildman–Crippen MR) is 84.2 cm³/mol. The van der Waals surface area contributed by atoms with E-state index in [4.69, 9.17) is 0 Å². The Hall–Kier alpha value is -1.84. The fraction of sp³-hybridized carbons (Fsp3) is 0.529. The van der Waals surface area contributed by atoms with Crippen LogP contribution >= 0.6 is 0 Å². The van der Waals surface area contributed by atoms with E-state index in [0.29, 0.717) is 18.0 Å². The molecular formula is C17H23N3O. The second-order valence-electron chi connectivity index (χ2n) is 6.40. The molecule has 3 heterocycles. The molecule has 0 aromatic carbocycles. The van der Waals surface area contributed by atoms with Crippen LogP contribution in [0, 0.1) is 12.8 Å². The molecule has 0 unspecified atom stereocenters. The average molecular weight is 285 g/mol. The van der Waals surface area contributed by atoms with Gasteiger partial charge >= 0.3 is 0 Å².